The molecule has 2 aromatic rings. The molecule has 1 aromatic heterocycles. The molecule has 0 bridgehead atoms. The molecule has 0 aliphatic rings. The third-order valence-corrected chi connectivity index (χ3v) is 3.56. The minimum Gasteiger partial charge on any atom is -0.454 e. The topological polar surface area (TPSA) is 107 Å². The molecule has 1 amide bonds. The first-order valence-corrected chi connectivity index (χ1v) is 7.61. The summed E-state index contributed by atoms with van der Waals surface area (Å²) in [7, 11) is 0. The number of primary amides is 1. The number of para-hydroxylation sites is 1. The lowest BCUT2D eigenvalue weighted by molar-refractivity contribution is 0.0972. The van der Waals surface area contributed by atoms with Crippen LogP contribution in [0.15, 0.2) is 39.7 Å². The van der Waals surface area contributed by atoms with Crippen molar-refractivity contribution in [1.29, 1.82) is 0 Å². The molecule has 1 heterocycles. The second-order valence-corrected chi connectivity index (χ2v) is 5.12. The van der Waals surface area contributed by atoms with Gasteiger partial charge in [-0.3, -0.25) is 4.79 Å². The van der Waals surface area contributed by atoms with Crippen molar-refractivity contribution in [3.8, 4) is 0 Å². The van der Waals surface area contributed by atoms with E-state index in [-0.39, 0.29) is 36.3 Å². The summed E-state index contributed by atoms with van der Waals surface area (Å²) in [5, 5.41) is 3.18. The summed E-state index contributed by atoms with van der Waals surface area (Å²) < 4.78 is 5.27. The van der Waals surface area contributed by atoms with E-state index >= 15 is 0 Å². The molecule has 6 nitrogen and oxygen atoms in total. The number of guanidine groups is 1. The Balaban J connectivity index is 0.00000288. The number of hydrogen-bond donors (Lipinski definition) is 3. The number of furan rings is 1. The van der Waals surface area contributed by atoms with Gasteiger partial charge in [0.05, 0.1) is 0 Å². The SMILES string of the molecule is CCc1cccc(CC)c1NC(N)=NCc1ccc(C(N)=O)o1.I. The standard InChI is InChI=1S/C17H22N4O2.HI/c1-3-11-6-5-7-12(4-2)15(11)21-17(19)20-10-13-8-9-14(23-13)16(18)22;/h5-9H,3-4,10H2,1-2H3,(H2,18,22)(H3,19,20,21);1H. The summed E-state index contributed by atoms with van der Waals surface area (Å²) in [6, 6.07) is 9.37. The van der Waals surface area contributed by atoms with Crippen LogP contribution in [0.1, 0.15) is 41.3 Å². The smallest absolute Gasteiger partial charge is 0.284 e. The monoisotopic (exact) mass is 442 g/mol. The van der Waals surface area contributed by atoms with E-state index in [2.05, 4.69) is 36.3 Å². The number of halogens is 1. The average molecular weight is 442 g/mol. The van der Waals surface area contributed by atoms with E-state index in [0.29, 0.717) is 11.7 Å². The number of nitrogens with two attached hydrogens (primary N) is 2. The lowest BCUT2D eigenvalue weighted by Gasteiger charge is -2.14. The maximum Gasteiger partial charge on any atom is 0.284 e. The van der Waals surface area contributed by atoms with Crippen LogP contribution in [0, 0.1) is 0 Å². The fourth-order valence-corrected chi connectivity index (χ4v) is 2.33. The van der Waals surface area contributed by atoms with Gasteiger partial charge in [-0.25, -0.2) is 4.99 Å². The van der Waals surface area contributed by atoms with Crippen LogP contribution in [0.3, 0.4) is 0 Å². The summed E-state index contributed by atoms with van der Waals surface area (Å²) in [6.45, 7) is 4.44. The molecule has 0 fully saturated rings. The summed E-state index contributed by atoms with van der Waals surface area (Å²) in [5.74, 6) is 0.350. The predicted molar refractivity (Wildman–Crippen MR) is 107 cm³/mol. The van der Waals surface area contributed by atoms with Crippen molar-refractivity contribution < 1.29 is 9.21 Å². The van der Waals surface area contributed by atoms with Crippen molar-refractivity contribution in [2.24, 2.45) is 16.5 Å². The van der Waals surface area contributed by atoms with E-state index in [1.807, 2.05) is 6.07 Å². The van der Waals surface area contributed by atoms with Gasteiger partial charge in [-0.05, 0) is 36.1 Å². The Morgan fingerprint density at radius 2 is 1.75 bits per heavy atom. The fourth-order valence-electron chi connectivity index (χ4n) is 2.33. The van der Waals surface area contributed by atoms with Gasteiger partial charge in [-0.1, -0.05) is 32.0 Å². The van der Waals surface area contributed by atoms with Crippen molar-refractivity contribution in [3.05, 3.63) is 53.0 Å². The largest absolute Gasteiger partial charge is 0.454 e. The number of anilines is 1. The number of aryl methyl sites for hydroxylation is 2. The number of carbonyl (C=O) groups is 1. The van der Waals surface area contributed by atoms with Gasteiger partial charge >= 0.3 is 0 Å². The molecule has 7 heteroatoms. The first-order chi connectivity index (χ1) is 11.0. The Bertz CT molecular complexity index is 703. The number of carbonyl (C=O) groups excluding carboxylic acids is 1. The average Bonchev–Trinajstić information content (AvgIpc) is 3.02. The predicted octanol–water partition coefficient (Wildman–Crippen LogP) is 3.05. The Hall–Kier alpha value is -2.03. The molecule has 0 saturated heterocycles. The number of aliphatic imine (C=N–C) groups is 1. The second-order valence-electron chi connectivity index (χ2n) is 5.12. The third kappa shape index (κ3) is 4.98. The number of nitrogens with one attached hydrogen (secondary N) is 1. The Morgan fingerprint density at radius 1 is 1.12 bits per heavy atom. The Morgan fingerprint density at radius 3 is 2.25 bits per heavy atom. The minimum absolute atomic E-state index is 0. The number of rotatable bonds is 6. The third-order valence-electron chi connectivity index (χ3n) is 3.56. The molecule has 0 spiro atoms. The van der Waals surface area contributed by atoms with Crippen LogP contribution in [0.2, 0.25) is 0 Å². The van der Waals surface area contributed by atoms with E-state index < -0.39 is 5.91 Å². The minimum atomic E-state index is -0.601. The van der Waals surface area contributed by atoms with E-state index in [1.165, 1.54) is 17.2 Å². The lowest BCUT2D eigenvalue weighted by atomic mass is 10.0. The molecule has 0 aliphatic carbocycles. The number of amides is 1. The van der Waals surface area contributed by atoms with Crippen LogP contribution in [0.25, 0.3) is 0 Å². The van der Waals surface area contributed by atoms with Gasteiger partial charge in [0, 0.05) is 5.69 Å². The summed E-state index contributed by atoms with van der Waals surface area (Å²) >= 11 is 0. The Labute approximate surface area is 158 Å². The molecule has 0 atom stereocenters. The van der Waals surface area contributed by atoms with Gasteiger partial charge in [-0.2, -0.15) is 0 Å². The zero-order valence-electron chi connectivity index (χ0n) is 13.8. The normalized spacial score (nSPS) is 11.0. The molecule has 24 heavy (non-hydrogen) atoms. The highest BCUT2D eigenvalue weighted by Crippen LogP contribution is 2.22. The molecule has 1 aromatic carbocycles. The number of nitrogens with zero attached hydrogens (tertiary/aromatic N) is 1. The summed E-state index contributed by atoms with van der Waals surface area (Å²) in [6.07, 6.45) is 1.81. The Kier molecular flexibility index (Phi) is 7.76. The molecular weight excluding hydrogens is 419 g/mol. The molecule has 2 rings (SSSR count). The highest BCUT2D eigenvalue weighted by atomic mass is 127. The van der Waals surface area contributed by atoms with E-state index in [0.717, 1.165) is 18.5 Å². The van der Waals surface area contributed by atoms with Gasteiger partial charge in [0.15, 0.2) is 11.7 Å². The lowest BCUT2D eigenvalue weighted by Crippen LogP contribution is -2.24. The zero-order valence-corrected chi connectivity index (χ0v) is 16.2. The highest BCUT2D eigenvalue weighted by molar-refractivity contribution is 14.0. The molecule has 0 saturated carbocycles. The van der Waals surface area contributed by atoms with Gasteiger partial charge < -0.3 is 21.2 Å². The first kappa shape index (κ1) is 20.0. The summed E-state index contributed by atoms with van der Waals surface area (Å²) in [5.41, 5.74) is 14.5. The van der Waals surface area contributed by atoms with Crippen LogP contribution in [-0.4, -0.2) is 11.9 Å². The van der Waals surface area contributed by atoms with Crippen molar-refractivity contribution >= 4 is 41.5 Å². The van der Waals surface area contributed by atoms with Crippen molar-refractivity contribution in [3.63, 3.8) is 0 Å². The van der Waals surface area contributed by atoms with Crippen molar-refractivity contribution in [1.82, 2.24) is 0 Å². The highest BCUT2D eigenvalue weighted by Gasteiger charge is 2.08. The summed E-state index contributed by atoms with van der Waals surface area (Å²) in [4.78, 5) is 15.2. The maximum absolute atomic E-state index is 11.0. The number of benzene rings is 1. The molecule has 0 radical (unpaired) electrons. The zero-order chi connectivity index (χ0) is 16.8. The first-order valence-electron chi connectivity index (χ1n) is 7.61. The van der Waals surface area contributed by atoms with Crippen LogP contribution in [0.5, 0.6) is 0 Å². The van der Waals surface area contributed by atoms with Crippen LogP contribution < -0.4 is 16.8 Å². The van der Waals surface area contributed by atoms with Gasteiger partial charge in [0.2, 0.25) is 0 Å². The number of hydrogen-bond acceptors (Lipinski definition) is 3. The molecule has 0 unspecified atom stereocenters. The maximum atomic E-state index is 11.0. The fraction of sp³-hybridized carbons (Fsp3) is 0.294. The van der Waals surface area contributed by atoms with Crippen LogP contribution in [0.4, 0.5) is 5.69 Å². The van der Waals surface area contributed by atoms with Crippen LogP contribution >= 0.6 is 24.0 Å². The van der Waals surface area contributed by atoms with Gasteiger partial charge in [0.1, 0.15) is 12.3 Å². The molecule has 0 aliphatic heterocycles. The quantitative estimate of drug-likeness (QED) is 0.363. The van der Waals surface area contributed by atoms with Gasteiger partial charge in [0.25, 0.3) is 5.91 Å². The van der Waals surface area contributed by atoms with Gasteiger partial charge in [-0.15, -0.1) is 24.0 Å². The second kappa shape index (κ2) is 9.31. The van der Waals surface area contributed by atoms with E-state index in [1.54, 1.807) is 6.07 Å². The van der Waals surface area contributed by atoms with E-state index in [4.69, 9.17) is 15.9 Å². The van der Waals surface area contributed by atoms with E-state index in [9.17, 15) is 4.79 Å². The van der Waals surface area contributed by atoms with Crippen molar-refractivity contribution in [2.45, 2.75) is 33.2 Å². The molecule has 130 valence electrons. The molecule has 5 N–H and O–H groups in total. The van der Waals surface area contributed by atoms with Crippen LogP contribution in [-0.2, 0) is 19.4 Å². The molecular formula is C17H23IN4O2. The van der Waals surface area contributed by atoms with Crippen molar-refractivity contribution in [2.75, 3.05) is 5.32 Å².